The number of hydrogen-bond acceptors (Lipinski definition) is 9. The summed E-state index contributed by atoms with van der Waals surface area (Å²) in [4.78, 5) is 36.0. The molecule has 1 unspecified atom stereocenters. The Labute approximate surface area is 263 Å². The molecule has 0 saturated carbocycles. The van der Waals surface area contributed by atoms with Gasteiger partial charge < -0.3 is 28.8 Å². The molecule has 4 rings (SSSR count). The Morgan fingerprint density at radius 1 is 0.711 bits per heavy atom. The van der Waals surface area contributed by atoms with Gasteiger partial charge in [-0.25, -0.2) is 14.4 Å². The fourth-order valence-electron chi connectivity index (χ4n) is 4.73. The second-order valence-electron chi connectivity index (χ2n) is 10.7. The molecule has 236 valence electrons. The van der Waals surface area contributed by atoms with E-state index in [4.69, 9.17) is 28.8 Å². The molecule has 9 heteroatoms. The molecule has 45 heavy (non-hydrogen) atoms. The van der Waals surface area contributed by atoms with Gasteiger partial charge in [-0.3, -0.25) is 0 Å². The predicted molar refractivity (Wildman–Crippen MR) is 169 cm³/mol. The average molecular weight is 615 g/mol. The summed E-state index contributed by atoms with van der Waals surface area (Å²) in [5.74, 6) is 0.363. The summed E-state index contributed by atoms with van der Waals surface area (Å²) >= 11 is 0. The summed E-state index contributed by atoms with van der Waals surface area (Å²) in [5.41, 5.74) is 5.18. The summed E-state index contributed by atoms with van der Waals surface area (Å²) in [6.45, 7) is 11.6. The summed E-state index contributed by atoms with van der Waals surface area (Å²) < 4.78 is 27.3. The van der Waals surface area contributed by atoms with Crippen molar-refractivity contribution in [3.63, 3.8) is 0 Å². The van der Waals surface area contributed by atoms with E-state index in [1.807, 2.05) is 30.3 Å². The number of hydrogen-bond donors (Lipinski definition) is 1. The van der Waals surface area contributed by atoms with Crippen LogP contribution in [0.15, 0.2) is 85.0 Å². The van der Waals surface area contributed by atoms with Crippen LogP contribution in [0.4, 0.5) is 0 Å². The van der Waals surface area contributed by atoms with E-state index in [1.54, 1.807) is 37.3 Å². The maximum Gasteiger partial charge on any atom is 0.343 e. The zero-order valence-electron chi connectivity index (χ0n) is 25.6. The van der Waals surface area contributed by atoms with Crippen molar-refractivity contribution in [1.82, 2.24) is 0 Å². The lowest BCUT2D eigenvalue weighted by Gasteiger charge is -2.11. The first-order valence-electron chi connectivity index (χ1n) is 14.8. The van der Waals surface area contributed by atoms with Gasteiger partial charge >= 0.3 is 17.9 Å². The van der Waals surface area contributed by atoms with Crippen molar-refractivity contribution in [2.75, 3.05) is 33.0 Å². The van der Waals surface area contributed by atoms with Crippen LogP contribution < -0.4 is 14.2 Å². The molecule has 1 atom stereocenters. The second kappa shape index (κ2) is 15.7. The third kappa shape index (κ3) is 8.83. The van der Waals surface area contributed by atoms with Gasteiger partial charge in [0.1, 0.15) is 17.2 Å². The summed E-state index contributed by atoms with van der Waals surface area (Å²) in [6, 6.07) is 18.4. The van der Waals surface area contributed by atoms with Crippen LogP contribution in [0, 0.1) is 0 Å². The number of rotatable bonds is 16. The number of esters is 3. The summed E-state index contributed by atoms with van der Waals surface area (Å²) in [7, 11) is 0. The molecule has 1 N–H and O–H groups in total. The highest BCUT2D eigenvalue weighted by Crippen LogP contribution is 2.46. The van der Waals surface area contributed by atoms with E-state index in [0.29, 0.717) is 55.1 Å². The summed E-state index contributed by atoms with van der Waals surface area (Å²) in [6.07, 6.45) is 1.84. The summed E-state index contributed by atoms with van der Waals surface area (Å²) in [5, 5.41) is 8.87. The smallest absolute Gasteiger partial charge is 0.343 e. The molecular formula is C36H38O9. The van der Waals surface area contributed by atoms with Crippen LogP contribution in [-0.4, -0.2) is 56.0 Å². The second-order valence-corrected chi connectivity index (χ2v) is 10.7. The number of carbonyl (C=O) groups is 3. The van der Waals surface area contributed by atoms with Crippen molar-refractivity contribution in [3.8, 4) is 28.4 Å². The topological polar surface area (TPSA) is 118 Å². The number of ether oxygens (including phenoxy) is 5. The molecule has 3 aromatic rings. The lowest BCUT2D eigenvalue weighted by atomic mass is 9.98. The van der Waals surface area contributed by atoms with Crippen LogP contribution in [0.1, 0.15) is 60.5 Å². The third-order valence-electron chi connectivity index (χ3n) is 7.23. The largest absolute Gasteiger partial charge is 0.494 e. The van der Waals surface area contributed by atoms with Gasteiger partial charge in [-0.05, 0) is 90.6 Å². The Morgan fingerprint density at radius 2 is 1.27 bits per heavy atom. The molecule has 0 fully saturated rings. The molecule has 0 saturated heterocycles. The van der Waals surface area contributed by atoms with Crippen LogP contribution in [0.25, 0.3) is 11.1 Å². The van der Waals surface area contributed by atoms with Crippen molar-refractivity contribution < 1.29 is 43.2 Å². The fraction of sp³-hybridized carbons (Fsp3) is 0.306. The minimum atomic E-state index is -0.600. The van der Waals surface area contributed by atoms with Crippen molar-refractivity contribution in [3.05, 3.63) is 102 Å². The Balaban J connectivity index is 1.25. The highest BCUT2D eigenvalue weighted by molar-refractivity contribution is 5.93. The van der Waals surface area contributed by atoms with Crippen LogP contribution >= 0.6 is 0 Å². The van der Waals surface area contributed by atoms with Crippen molar-refractivity contribution in [1.29, 1.82) is 0 Å². The number of aliphatic hydroxyl groups excluding tert-OH is 1. The SMILES string of the molecule is C=C(C)C(=O)OCCCOc1ccc2c(c1)C(C)c1cc(C(=O)Oc3ccc(OCCCCOC(=O)C(=C)CO)cc3)ccc1-2. The Morgan fingerprint density at radius 3 is 1.98 bits per heavy atom. The van der Waals surface area contributed by atoms with Crippen LogP contribution in [0.2, 0.25) is 0 Å². The molecule has 3 aromatic carbocycles. The van der Waals surface area contributed by atoms with Crippen molar-refractivity contribution >= 4 is 17.9 Å². The molecule has 9 nitrogen and oxygen atoms in total. The molecule has 0 amide bonds. The Bertz CT molecular complexity index is 1560. The van der Waals surface area contributed by atoms with E-state index in [2.05, 4.69) is 20.1 Å². The lowest BCUT2D eigenvalue weighted by Crippen LogP contribution is -2.11. The molecule has 0 aliphatic heterocycles. The molecule has 0 radical (unpaired) electrons. The van der Waals surface area contributed by atoms with Gasteiger partial charge in [0, 0.05) is 17.9 Å². The van der Waals surface area contributed by atoms with Gasteiger partial charge in [0.2, 0.25) is 0 Å². The van der Waals surface area contributed by atoms with Crippen LogP contribution in [-0.2, 0) is 19.1 Å². The van der Waals surface area contributed by atoms with Gasteiger partial charge in [-0.2, -0.15) is 0 Å². The first-order chi connectivity index (χ1) is 21.7. The lowest BCUT2D eigenvalue weighted by molar-refractivity contribution is -0.140. The average Bonchev–Trinajstić information content (AvgIpc) is 3.32. The van der Waals surface area contributed by atoms with Crippen molar-refractivity contribution in [2.24, 2.45) is 0 Å². The van der Waals surface area contributed by atoms with Gasteiger partial charge in [0.25, 0.3) is 0 Å². The fourth-order valence-corrected chi connectivity index (χ4v) is 4.73. The molecule has 0 bridgehead atoms. The zero-order valence-corrected chi connectivity index (χ0v) is 25.6. The molecule has 1 aliphatic rings. The molecule has 0 heterocycles. The van der Waals surface area contributed by atoms with Crippen LogP contribution in [0.3, 0.4) is 0 Å². The standard InChI is InChI=1S/C36H38O9/c1-23(2)34(38)43-19-7-18-42-29-13-15-31-30-14-8-26(20-32(30)25(4)33(31)21-29)36(40)45-28-11-9-27(10-12-28)41-16-5-6-17-44-35(39)24(3)22-37/h8-15,20-21,25,37H,1,3,5-7,16-19,22H2,2,4H3. The third-order valence-corrected chi connectivity index (χ3v) is 7.23. The molecule has 1 aliphatic carbocycles. The van der Waals surface area contributed by atoms with E-state index < -0.39 is 24.5 Å². The van der Waals surface area contributed by atoms with E-state index in [9.17, 15) is 14.4 Å². The van der Waals surface area contributed by atoms with Gasteiger partial charge in [0.05, 0.1) is 44.2 Å². The molecular weight excluding hydrogens is 576 g/mol. The van der Waals surface area contributed by atoms with Crippen LogP contribution in [0.5, 0.6) is 17.2 Å². The zero-order chi connectivity index (χ0) is 32.3. The Hall–Kier alpha value is -4.89. The van der Waals surface area contributed by atoms with Crippen molar-refractivity contribution in [2.45, 2.75) is 39.0 Å². The highest BCUT2D eigenvalue weighted by atomic mass is 16.5. The number of fused-ring (bicyclic) bond motifs is 3. The predicted octanol–water partition coefficient (Wildman–Crippen LogP) is 6.18. The maximum atomic E-state index is 13.0. The van der Waals surface area contributed by atoms with E-state index in [0.717, 1.165) is 28.0 Å². The quantitative estimate of drug-likeness (QED) is 0.0874. The van der Waals surface area contributed by atoms with E-state index in [1.165, 1.54) is 0 Å². The Kier molecular flexibility index (Phi) is 11.5. The minimum Gasteiger partial charge on any atom is -0.494 e. The highest BCUT2D eigenvalue weighted by Gasteiger charge is 2.27. The number of carbonyl (C=O) groups excluding carboxylic acids is 3. The number of unbranched alkanes of at least 4 members (excludes halogenated alkanes) is 1. The molecule has 0 spiro atoms. The van der Waals surface area contributed by atoms with E-state index in [-0.39, 0.29) is 24.7 Å². The monoisotopic (exact) mass is 614 g/mol. The van der Waals surface area contributed by atoms with Gasteiger partial charge in [-0.1, -0.05) is 32.2 Å². The first kappa shape index (κ1) is 33.0. The number of aliphatic hydroxyl groups is 1. The number of benzene rings is 3. The van der Waals surface area contributed by atoms with E-state index >= 15 is 0 Å². The minimum absolute atomic E-state index is 0.0265. The first-order valence-corrected chi connectivity index (χ1v) is 14.8. The van der Waals surface area contributed by atoms with Gasteiger partial charge in [-0.15, -0.1) is 0 Å². The van der Waals surface area contributed by atoms with Gasteiger partial charge in [0.15, 0.2) is 0 Å². The normalized spacial score (nSPS) is 12.8. The molecule has 0 aromatic heterocycles. The maximum absolute atomic E-state index is 13.0.